The summed E-state index contributed by atoms with van der Waals surface area (Å²) in [4.78, 5) is 10.9. The molecule has 1 aliphatic carbocycles. The highest BCUT2D eigenvalue weighted by Gasteiger charge is 2.22. The van der Waals surface area contributed by atoms with Crippen molar-refractivity contribution in [3.05, 3.63) is 28.8 Å². The quantitative estimate of drug-likeness (QED) is 0.705. The smallest absolute Gasteiger partial charge is 0.153 e. The third-order valence-corrected chi connectivity index (χ3v) is 2.99. The maximum atomic E-state index is 10.9. The Labute approximate surface area is 90.3 Å². The lowest BCUT2D eigenvalue weighted by atomic mass is 10.1. The third-order valence-electron chi connectivity index (χ3n) is 2.99. The number of rotatable bonds is 4. The lowest BCUT2D eigenvalue weighted by molar-refractivity contribution is 0.111. The molecule has 0 radical (unpaired) electrons. The lowest BCUT2D eigenvalue weighted by Crippen LogP contribution is -2.04. The molecule has 0 saturated heterocycles. The Morgan fingerprint density at radius 1 is 1.40 bits per heavy atom. The Morgan fingerprint density at radius 2 is 2.13 bits per heavy atom. The molecule has 0 bridgehead atoms. The zero-order valence-electron chi connectivity index (χ0n) is 9.25. The van der Waals surface area contributed by atoms with Gasteiger partial charge in [0.05, 0.1) is 12.2 Å². The molecule has 1 aliphatic rings. The fourth-order valence-electron chi connectivity index (χ4n) is 1.58. The molecule has 1 saturated carbocycles. The fourth-order valence-corrected chi connectivity index (χ4v) is 1.58. The van der Waals surface area contributed by atoms with E-state index >= 15 is 0 Å². The van der Waals surface area contributed by atoms with E-state index in [-0.39, 0.29) is 0 Å². The molecule has 0 heterocycles. The van der Waals surface area contributed by atoms with Crippen molar-refractivity contribution in [2.24, 2.45) is 5.92 Å². The molecule has 1 aromatic rings. The van der Waals surface area contributed by atoms with Crippen LogP contribution in [0.5, 0.6) is 5.75 Å². The molecular formula is C13H16O2. The van der Waals surface area contributed by atoms with Gasteiger partial charge in [-0.15, -0.1) is 0 Å². The van der Waals surface area contributed by atoms with Crippen molar-refractivity contribution < 1.29 is 9.53 Å². The highest BCUT2D eigenvalue weighted by atomic mass is 16.5. The second kappa shape index (κ2) is 4.05. The van der Waals surface area contributed by atoms with Gasteiger partial charge in [0.1, 0.15) is 5.75 Å². The summed E-state index contributed by atoms with van der Waals surface area (Å²) in [7, 11) is 0. The van der Waals surface area contributed by atoms with Crippen molar-refractivity contribution in [3.8, 4) is 5.75 Å². The number of aldehydes is 1. The van der Waals surface area contributed by atoms with Gasteiger partial charge in [0.15, 0.2) is 6.29 Å². The number of hydrogen-bond donors (Lipinski definition) is 0. The Kier molecular flexibility index (Phi) is 2.76. The maximum Gasteiger partial charge on any atom is 0.153 e. The van der Waals surface area contributed by atoms with Crippen molar-refractivity contribution in [1.82, 2.24) is 0 Å². The van der Waals surface area contributed by atoms with Crippen LogP contribution >= 0.6 is 0 Å². The third kappa shape index (κ3) is 2.20. The predicted molar refractivity (Wildman–Crippen MR) is 59.5 cm³/mol. The summed E-state index contributed by atoms with van der Waals surface area (Å²) in [5, 5.41) is 0. The molecule has 15 heavy (non-hydrogen) atoms. The van der Waals surface area contributed by atoms with E-state index in [9.17, 15) is 4.79 Å². The normalized spacial score (nSPS) is 15.1. The van der Waals surface area contributed by atoms with E-state index in [1.165, 1.54) is 18.4 Å². The van der Waals surface area contributed by atoms with Crippen molar-refractivity contribution >= 4 is 6.29 Å². The Balaban J connectivity index is 2.23. The van der Waals surface area contributed by atoms with Crippen LogP contribution in [0.2, 0.25) is 0 Å². The summed E-state index contributed by atoms with van der Waals surface area (Å²) in [5.41, 5.74) is 2.92. The Morgan fingerprint density at radius 3 is 2.73 bits per heavy atom. The molecule has 0 atom stereocenters. The van der Waals surface area contributed by atoms with Crippen molar-refractivity contribution in [3.63, 3.8) is 0 Å². The number of aryl methyl sites for hydroxylation is 1. The summed E-state index contributed by atoms with van der Waals surface area (Å²) in [6.45, 7) is 4.80. The van der Waals surface area contributed by atoms with E-state index in [1.807, 2.05) is 26.0 Å². The van der Waals surface area contributed by atoms with Crippen LogP contribution in [0, 0.1) is 19.8 Å². The molecule has 0 spiro atoms. The summed E-state index contributed by atoms with van der Waals surface area (Å²) in [6, 6.07) is 3.79. The molecule has 2 nitrogen and oxygen atoms in total. The monoisotopic (exact) mass is 204 g/mol. The Hall–Kier alpha value is -1.31. The molecule has 1 fully saturated rings. The molecule has 1 aromatic carbocycles. The van der Waals surface area contributed by atoms with Gasteiger partial charge >= 0.3 is 0 Å². The van der Waals surface area contributed by atoms with Gasteiger partial charge in [-0.1, -0.05) is 6.07 Å². The summed E-state index contributed by atoms with van der Waals surface area (Å²) < 4.78 is 5.73. The summed E-state index contributed by atoms with van der Waals surface area (Å²) >= 11 is 0. The summed E-state index contributed by atoms with van der Waals surface area (Å²) in [5.74, 6) is 1.49. The topological polar surface area (TPSA) is 26.3 Å². The molecule has 0 unspecified atom stereocenters. The molecule has 80 valence electrons. The van der Waals surface area contributed by atoms with Crippen molar-refractivity contribution in [2.45, 2.75) is 26.7 Å². The molecule has 2 heteroatoms. The molecule has 2 rings (SSSR count). The van der Waals surface area contributed by atoms with Gasteiger partial charge in [-0.3, -0.25) is 4.79 Å². The van der Waals surface area contributed by atoms with Crippen LogP contribution in [-0.2, 0) is 0 Å². The molecule has 0 amide bonds. The zero-order valence-corrected chi connectivity index (χ0v) is 9.25. The number of carbonyl (C=O) groups excluding carboxylic acids is 1. The first kappa shape index (κ1) is 10.2. The minimum absolute atomic E-state index is 0.666. The number of hydrogen-bond acceptors (Lipinski definition) is 2. The van der Waals surface area contributed by atoms with Gasteiger partial charge in [-0.2, -0.15) is 0 Å². The average Bonchev–Trinajstić information content (AvgIpc) is 3.04. The van der Waals surface area contributed by atoms with E-state index in [0.29, 0.717) is 11.5 Å². The molecular weight excluding hydrogens is 188 g/mol. The van der Waals surface area contributed by atoms with Crippen LogP contribution in [0.3, 0.4) is 0 Å². The van der Waals surface area contributed by atoms with E-state index in [2.05, 4.69) is 0 Å². The second-order valence-corrected chi connectivity index (χ2v) is 4.30. The molecule has 0 aromatic heterocycles. The number of benzene rings is 1. The van der Waals surface area contributed by atoms with Gasteiger partial charge < -0.3 is 4.74 Å². The van der Waals surface area contributed by atoms with Gasteiger partial charge in [0.25, 0.3) is 0 Å². The van der Waals surface area contributed by atoms with Crippen LogP contribution in [0.15, 0.2) is 12.1 Å². The number of ether oxygens (including phenoxy) is 1. The van der Waals surface area contributed by atoms with Crippen LogP contribution in [0.25, 0.3) is 0 Å². The van der Waals surface area contributed by atoms with E-state index in [4.69, 9.17) is 4.74 Å². The maximum absolute atomic E-state index is 10.9. The zero-order chi connectivity index (χ0) is 10.8. The van der Waals surface area contributed by atoms with E-state index < -0.39 is 0 Å². The van der Waals surface area contributed by atoms with Crippen LogP contribution in [-0.4, -0.2) is 12.9 Å². The number of carbonyl (C=O) groups is 1. The first-order chi connectivity index (χ1) is 7.22. The molecule has 0 N–H and O–H groups in total. The van der Waals surface area contributed by atoms with Gasteiger partial charge in [-0.25, -0.2) is 0 Å². The highest BCUT2D eigenvalue weighted by molar-refractivity contribution is 5.80. The van der Waals surface area contributed by atoms with Crippen molar-refractivity contribution in [1.29, 1.82) is 0 Å². The minimum Gasteiger partial charge on any atom is -0.492 e. The largest absolute Gasteiger partial charge is 0.492 e. The first-order valence-electron chi connectivity index (χ1n) is 5.40. The highest BCUT2D eigenvalue weighted by Crippen LogP contribution is 2.32. The predicted octanol–water partition coefficient (Wildman–Crippen LogP) is 2.90. The van der Waals surface area contributed by atoms with E-state index in [1.54, 1.807) is 0 Å². The summed E-state index contributed by atoms with van der Waals surface area (Å²) in [6.07, 6.45) is 3.40. The van der Waals surface area contributed by atoms with Crippen molar-refractivity contribution in [2.75, 3.05) is 6.61 Å². The molecule has 0 aliphatic heterocycles. The van der Waals surface area contributed by atoms with Crippen LogP contribution in [0.4, 0.5) is 0 Å². The second-order valence-electron chi connectivity index (χ2n) is 4.30. The van der Waals surface area contributed by atoms with E-state index in [0.717, 1.165) is 24.2 Å². The van der Waals surface area contributed by atoms with Gasteiger partial charge in [0, 0.05) is 0 Å². The average molecular weight is 204 g/mol. The van der Waals surface area contributed by atoms with Crippen LogP contribution in [0.1, 0.15) is 34.3 Å². The lowest BCUT2D eigenvalue weighted by Gasteiger charge is -2.12. The minimum atomic E-state index is 0.666. The first-order valence-corrected chi connectivity index (χ1v) is 5.40. The standard InChI is InChI=1S/C13H16O2/c1-9-3-6-12(7-14)13(10(9)2)15-8-11-4-5-11/h3,6-7,11H,4-5,8H2,1-2H3. The van der Waals surface area contributed by atoms with Gasteiger partial charge in [-0.05, 0) is 49.8 Å². The van der Waals surface area contributed by atoms with Gasteiger partial charge in [0.2, 0.25) is 0 Å². The van der Waals surface area contributed by atoms with Crippen LogP contribution < -0.4 is 4.74 Å². The Bertz CT molecular complexity index is 378. The SMILES string of the molecule is Cc1ccc(C=O)c(OCC2CC2)c1C. The fraction of sp³-hybridized carbons (Fsp3) is 0.462.